The zero-order valence-corrected chi connectivity index (χ0v) is 13.7. The van der Waals surface area contributed by atoms with Gasteiger partial charge in [-0.15, -0.1) is 0 Å². The summed E-state index contributed by atoms with van der Waals surface area (Å²) in [7, 11) is 0. The lowest BCUT2D eigenvalue weighted by atomic mass is 10.0. The van der Waals surface area contributed by atoms with E-state index in [9.17, 15) is 4.79 Å². The lowest BCUT2D eigenvalue weighted by molar-refractivity contribution is 0.00132. The third kappa shape index (κ3) is 3.92. The Balaban J connectivity index is 1.60. The number of carbonyl (C=O) groups is 1. The highest BCUT2D eigenvalue weighted by molar-refractivity contribution is 6.19. The Bertz CT molecular complexity index is 654. The van der Waals surface area contributed by atoms with Crippen molar-refractivity contribution in [3.63, 3.8) is 0 Å². The molecule has 0 bridgehead atoms. The van der Waals surface area contributed by atoms with Crippen LogP contribution in [0.1, 0.15) is 23.7 Å². The van der Waals surface area contributed by atoms with Crippen LogP contribution in [0.2, 0.25) is 0 Å². The summed E-state index contributed by atoms with van der Waals surface area (Å²) in [6.07, 6.45) is 0.667. The van der Waals surface area contributed by atoms with Crippen LogP contribution in [0.4, 0.5) is 0 Å². The summed E-state index contributed by atoms with van der Waals surface area (Å²) in [5.41, 5.74) is 2.45. The standard InChI is InChI=1S/C19H19ClO3/c1-13-11-18(20)23-17(13)12-22-19(21)16-9-7-15(8-10-16)14-5-3-2-4-6-14/h2-10,13,17-18H,11-12H2,1H3. The van der Waals surface area contributed by atoms with Crippen LogP contribution >= 0.6 is 11.6 Å². The maximum absolute atomic E-state index is 12.1. The Labute approximate surface area is 141 Å². The Hall–Kier alpha value is -1.84. The predicted octanol–water partition coefficient (Wildman–Crippen LogP) is 4.50. The third-order valence-electron chi connectivity index (χ3n) is 4.12. The Kier molecular flexibility index (Phi) is 4.99. The van der Waals surface area contributed by atoms with Gasteiger partial charge >= 0.3 is 5.97 Å². The molecular formula is C19H19ClO3. The number of esters is 1. The van der Waals surface area contributed by atoms with Gasteiger partial charge in [0.05, 0.1) is 11.7 Å². The number of benzene rings is 2. The number of hydrogen-bond donors (Lipinski definition) is 0. The molecule has 3 rings (SSSR count). The molecule has 3 unspecified atom stereocenters. The van der Waals surface area contributed by atoms with E-state index in [2.05, 4.69) is 6.92 Å². The second-order valence-corrected chi connectivity index (χ2v) is 6.33. The van der Waals surface area contributed by atoms with Gasteiger partial charge in [0.1, 0.15) is 12.2 Å². The first kappa shape index (κ1) is 16.0. The molecule has 3 nitrogen and oxygen atoms in total. The van der Waals surface area contributed by atoms with E-state index >= 15 is 0 Å². The molecule has 2 aromatic rings. The molecule has 0 radical (unpaired) electrons. The molecule has 23 heavy (non-hydrogen) atoms. The molecule has 120 valence electrons. The summed E-state index contributed by atoms with van der Waals surface area (Å²) in [4.78, 5) is 12.1. The molecule has 0 spiro atoms. The van der Waals surface area contributed by atoms with E-state index < -0.39 is 0 Å². The molecule has 2 aromatic carbocycles. The van der Waals surface area contributed by atoms with Crippen molar-refractivity contribution in [3.8, 4) is 11.1 Å². The van der Waals surface area contributed by atoms with E-state index in [1.807, 2.05) is 42.5 Å². The van der Waals surface area contributed by atoms with E-state index in [0.717, 1.165) is 17.5 Å². The highest BCUT2D eigenvalue weighted by Gasteiger charge is 2.31. The number of alkyl halides is 1. The molecule has 1 aliphatic rings. The van der Waals surface area contributed by atoms with Gasteiger partial charge in [-0.1, -0.05) is 61.0 Å². The van der Waals surface area contributed by atoms with Crippen LogP contribution in [-0.4, -0.2) is 24.2 Å². The van der Waals surface area contributed by atoms with Gasteiger partial charge in [-0.25, -0.2) is 4.79 Å². The van der Waals surface area contributed by atoms with Crippen LogP contribution in [0.3, 0.4) is 0 Å². The van der Waals surface area contributed by atoms with Gasteiger partial charge in [0.15, 0.2) is 0 Å². The Morgan fingerprint density at radius 1 is 1.13 bits per heavy atom. The van der Waals surface area contributed by atoms with Crippen molar-refractivity contribution < 1.29 is 14.3 Å². The lowest BCUT2D eigenvalue weighted by Crippen LogP contribution is -2.23. The van der Waals surface area contributed by atoms with Crippen molar-refractivity contribution in [2.24, 2.45) is 5.92 Å². The first-order chi connectivity index (χ1) is 11.1. The molecule has 1 heterocycles. The summed E-state index contributed by atoms with van der Waals surface area (Å²) in [6.45, 7) is 2.29. The zero-order chi connectivity index (χ0) is 16.2. The number of hydrogen-bond acceptors (Lipinski definition) is 3. The van der Waals surface area contributed by atoms with Crippen molar-refractivity contribution in [3.05, 3.63) is 60.2 Å². The number of halogens is 1. The Morgan fingerprint density at radius 3 is 2.39 bits per heavy atom. The average molecular weight is 331 g/mol. The van der Waals surface area contributed by atoms with Crippen molar-refractivity contribution in [2.75, 3.05) is 6.61 Å². The second-order valence-electron chi connectivity index (χ2n) is 5.84. The summed E-state index contributed by atoms with van der Waals surface area (Å²) in [5, 5.41) is 0. The van der Waals surface area contributed by atoms with Crippen LogP contribution in [0.5, 0.6) is 0 Å². The van der Waals surface area contributed by atoms with Crippen molar-refractivity contribution in [1.82, 2.24) is 0 Å². The van der Waals surface area contributed by atoms with E-state index in [4.69, 9.17) is 21.1 Å². The van der Waals surface area contributed by atoms with Crippen LogP contribution in [0, 0.1) is 5.92 Å². The average Bonchev–Trinajstić information content (AvgIpc) is 2.91. The molecule has 0 amide bonds. The summed E-state index contributed by atoms with van der Waals surface area (Å²) in [5.74, 6) is -0.0378. The van der Waals surface area contributed by atoms with Crippen LogP contribution in [-0.2, 0) is 9.47 Å². The highest BCUT2D eigenvalue weighted by atomic mass is 35.5. The van der Waals surface area contributed by atoms with E-state index in [-0.39, 0.29) is 24.2 Å². The fourth-order valence-electron chi connectivity index (χ4n) is 2.70. The minimum absolute atomic E-state index is 0.120. The van der Waals surface area contributed by atoms with E-state index in [0.29, 0.717) is 11.5 Å². The molecule has 1 aliphatic heterocycles. The minimum atomic E-state index is -0.335. The van der Waals surface area contributed by atoms with Gasteiger partial charge in [-0.3, -0.25) is 0 Å². The van der Waals surface area contributed by atoms with Gasteiger partial charge in [0.2, 0.25) is 0 Å². The van der Waals surface area contributed by atoms with Crippen molar-refractivity contribution in [1.29, 1.82) is 0 Å². The molecule has 0 N–H and O–H groups in total. The molecule has 0 saturated carbocycles. The normalized spacial score (nSPS) is 23.7. The summed E-state index contributed by atoms with van der Waals surface area (Å²) < 4.78 is 10.9. The maximum atomic E-state index is 12.1. The predicted molar refractivity (Wildman–Crippen MR) is 90.5 cm³/mol. The van der Waals surface area contributed by atoms with Crippen LogP contribution < -0.4 is 0 Å². The molecular weight excluding hydrogens is 312 g/mol. The first-order valence-corrected chi connectivity index (χ1v) is 8.19. The van der Waals surface area contributed by atoms with Crippen molar-refractivity contribution >= 4 is 17.6 Å². The quantitative estimate of drug-likeness (QED) is 0.611. The van der Waals surface area contributed by atoms with Gasteiger partial charge in [-0.05, 0) is 35.6 Å². The SMILES string of the molecule is CC1CC(Cl)OC1COC(=O)c1ccc(-c2ccccc2)cc1. The van der Waals surface area contributed by atoms with Gasteiger partial charge < -0.3 is 9.47 Å². The van der Waals surface area contributed by atoms with Crippen LogP contribution in [0.25, 0.3) is 11.1 Å². The third-order valence-corrected chi connectivity index (χ3v) is 4.40. The van der Waals surface area contributed by atoms with Crippen molar-refractivity contribution in [2.45, 2.75) is 25.0 Å². The zero-order valence-electron chi connectivity index (χ0n) is 12.9. The molecule has 3 atom stereocenters. The van der Waals surface area contributed by atoms with Gasteiger partial charge in [0.25, 0.3) is 0 Å². The monoisotopic (exact) mass is 330 g/mol. The van der Waals surface area contributed by atoms with Gasteiger partial charge in [0, 0.05) is 0 Å². The van der Waals surface area contributed by atoms with Gasteiger partial charge in [-0.2, -0.15) is 0 Å². The molecule has 1 fully saturated rings. The number of carbonyl (C=O) groups excluding carboxylic acids is 1. The van der Waals surface area contributed by atoms with Crippen LogP contribution in [0.15, 0.2) is 54.6 Å². The smallest absolute Gasteiger partial charge is 0.338 e. The summed E-state index contributed by atoms with van der Waals surface area (Å²) >= 11 is 5.95. The fourth-order valence-corrected chi connectivity index (χ4v) is 3.11. The topological polar surface area (TPSA) is 35.5 Å². The van der Waals surface area contributed by atoms with E-state index in [1.165, 1.54) is 0 Å². The second kappa shape index (κ2) is 7.16. The Morgan fingerprint density at radius 2 is 1.78 bits per heavy atom. The van der Waals surface area contributed by atoms with E-state index in [1.54, 1.807) is 12.1 Å². The fraction of sp³-hybridized carbons (Fsp3) is 0.316. The summed E-state index contributed by atoms with van der Waals surface area (Å²) in [6, 6.07) is 17.5. The number of rotatable bonds is 4. The lowest BCUT2D eigenvalue weighted by Gasteiger charge is -2.14. The maximum Gasteiger partial charge on any atom is 0.338 e. The molecule has 1 saturated heterocycles. The molecule has 4 heteroatoms. The molecule has 0 aromatic heterocycles. The molecule has 0 aliphatic carbocycles. The first-order valence-electron chi connectivity index (χ1n) is 7.75. The largest absolute Gasteiger partial charge is 0.459 e. The minimum Gasteiger partial charge on any atom is -0.459 e. The number of ether oxygens (including phenoxy) is 2. The highest BCUT2D eigenvalue weighted by Crippen LogP contribution is 2.28.